The number of aryl methyl sites for hydroxylation is 1. The minimum Gasteiger partial charge on any atom is -0.384 e. The minimum atomic E-state index is 0.552. The van der Waals surface area contributed by atoms with E-state index in [4.69, 9.17) is 5.73 Å². The number of aromatic nitrogens is 2. The van der Waals surface area contributed by atoms with E-state index in [2.05, 4.69) is 47.2 Å². The number of nitrogen functional groups attached to an aromatic ring is 1. The first-order chi connectivity index (χ1) is 8.75. The van der Waals surface area contributed by atoms with E-state index in [0.29, 0.717) is 11.7 Å². The van der Waals surface area contributed by atoms with E-state index in [-0.39, 0.29) is 0 Å². The summed E-state index contributed by atoms with van der Waals surface area (Å²) in [5.41, 5.74) is 7.02. The Morgan fingerprint density at radius 3 is 2.67 bits per heavy atom. The Labute approximate surface area is 108 Å². The maximum atomic E-state index is 5.63. The van der Waals surface area contributed by atoms with Gasteiger partial charge in [-0.2, -0.15) is 0 Å². The van der Waals surface area contributed by atoms with Crippen LogP contribution in [-0.4, -0.2) is 9.97 Å². The zero-order valence-electron chi connectivity index (χ0n) is 10.7. The van der Waals surface area contributed by atoms with Gasteiger partial charge in [0, 0.05) is 12.6 Å². The SMILES string of the molecule is CC(CCCc1nccc(N)n1)c1ccccc1. The van der Waals surface area contributed by atoms with Crippen molar-refractivity contribution in [3.05, 3.63) is 54.0 Å². The highest BCUT2D eigenvalue weighted by molar-refractivity contribution is 5.25. The summed E-state index contributed by atoms with van der Waals surface area (Å²) in [5, 5.41) is 0. The monoisotopic (exact) mass is 241 g/mol. The first kappa shape index (κ1) is 12.6. The number of hydrogen-bond donors (Lipinski definition) is 1. The van der Waals surface area contributed by atoms with Crippen molar-refractivity contribution in [3.8, 4) is 0 Å². The Morgan fingerprint density at radius 2 is 1.94 bits per heavy atom. The lowest BCUT2D eigenvalue weighted by atomic mass is 9.95. The fraction of sp³-hybridized carbons (Fsp3) is 0.333. The van der Waals surface area contributed by atoms with Gasteiger partial charge in [-0.1, -0.05) is 37.3 Å². The highest BCUT2D eigenvalue weighted by Gasteiger charge is 2.05. The van der Waals surface area contributed by atoms with Crippen LogP contribution in [0.2, 0.25) is 0 Å². The molecule has 3 nitrogen and oxygen atoms in total. The van der Waals surface area contributed by atoms with Gasteiger partial charge in [0.15, 0.2) is 0 Å². The Balaban J connectivity index is 1.82. The largest absolute Gasteiger partial charge is 0.384 e. The van der Waals surface area contributed by atoms with Crippen LogP contribution in [0.15, 0.2) is 42.6 Å². The zero-order chi connectivity index (χ0) is 12.8. The molecule has 2 N–H and O–H groups in total. The molecule has 0 saturated heterocycles. The molecule has 1 heterocycles. The van der Waals surface area contributed by atoms with Crippen LogP contribution in [0.4, 0.5) is 5.82 Å². The van der Waals surface area contributed by atoms with Crippen molar-refractivity contribution in [3.63, 3.8) is 0 Å². The maximum Gasteiger partial charge on any atom is 0.130 e. The van der Waals surface area contributed by atoms with Crippen LogP contribution in [-0.2, 0) is 6.42 Å². The quantitative estimate of drug-likeness (QED) is 0.874. The number of hydrogen-bond acceptors (Lipinski definition) is 3. The number of anilines is 1. The topological polar surface area (TPSA) is 51.8 Å². The third-order valence-electron chi connectivity index (χ3n) is 3.13. The van der Waals surface area contributed by atoms with Crippen LogP contribution in [0.3, 0.4) is 0 Å². The number of nitrogens with two attached hydrogens (primary N) is 1. The molecule has 1 aromatic heterocycles. The molecule has 0 radical (unpaired) electrons. The molecular weight excluding hydrogens is 222 g/mol. The fourth-order valence-corrected chi connectivity index (χ4v) is 2.05. The van der Waals surface area contributed by atoms with Crippen molar-refractivity contribution in [2.24, 2.45) is 0 Å². The average molecular weight is 241 g/mol. The van der Waals surface area contributed by atoms with Gasteiger partial charge in [0.2, 0.25) is 0 Å². The summed E-state index contributed by atoms with van der Waals surface area (Å²) >= 11 is 0. The van der Waals surface area contributed by atoms with Gasteiger partial charge < -0.3 is 5.73 Å². The summed E-state index contributed by atoms with van der Waals surface area (Å²) in [5.74, 6) is 1.97. The van der Waals surface area contributed by atoms with Crippen molar-refractivity contribution in [1.29, 1.82) is 0 Å². The predicted octanol–water partition coefficient (Wildman–Crippen LogP) is 3.19. The molecule has 0 aliphatic heterocycles. The van der Waals surface area contributed by atoms with Crippen molar-refractivity contribution < 1.29 is 0 Å². The molecule has 0 saturated carbocycles. The van der Waals surface area contributed by atoms with Crippen LogP contribution in [0.1, 0.15) is 37.1 Å². The molecule has 0 aliphatic carbocycles. The normalized spacial score (nSPS) is 12.3. The molecule has 0 bridgehead atoms. The van der Waals surface area contributed by atoms with Gasteiger partial charge in [0.25, 0.3) is 0 Å². The Bertz CT molecular complexity index is 482. The highest BCUT2D eigenvalue weighted by Crippen LogP contribution is 2.20. The van der Waals surface area contributed by atoms with E-state index >= 15 is 0 Å². The summed E-state index contributed by atoms with van der Waals surface area (Å²) in [6.07, 6.45) is 4.84. The van der Waals surface area contributed by atoms with Gasteiger partial charge in [0.05, 0.1) is 0 Å². The average Bonchev–Trinajstić information content (AvgIpc) is 2.40. The van der Waals surface area contributed by atoms with Gasteiger partial charge in [-0.05, 0) is 30.4 Å². The lowest BCUT2D eigenvalue weighted by Gasteiger charge is -2.11. The standard InChI is InChI=1S/C15H19N3/c1-12(13-7-3-2-4-8-13)6-5-9-15-17-11-10-14(16)18-15/h2-4,7-8,10-12H,5-6,9H2,1H3,(H2,16,17,18). The molecule has 0 fully saturated rings. The van der Waals surface area contributed by atoms with Crippen molar-refractivity contribution >= 4 is 5.82 Å². The molecule has 2 rings (SSSR count). The van der Waals surface area contributed by atoms with E-state index in [1.165, 1.54) is 5.56 Å². The third kappa shape index (κ3) is 3.55. The first-order valence-corrected chi connectivity index (χ1v) is 6.38. The smallest absolute Gasteiger partial charge is 0.130 e. The molecule has 94 valence electrons. The third-order valence-corrected chi connectivity index (χ3v) is 3.13. The predicted molar refractivity (Wildman–Crippen MR) is 74.2 cm³/mol. The van der Waals surface area contributed by atoms with Gasteiger partial charge >= 0.3 is 0 Å². The molecule has 2 aromatic rings. The van der Waals surface area contributed by atoms with Crippen LogP contribution >= 0.6 is 0 Å². The van der Waals surface area contributed by atoms with Crippen LogP contribution < -0.4 is 5.73 Å². The maximum absolute atomic E-state index is 5.63. The number of nitrogens with zero attached hydrogens (tertiary/aromatic N) is 2. The summed E-state index contributed by atoms with van der Waals surface area (Å²) in [7, 11) is 0. The summed E-state index contributed by atoms with van der Waals surface area (Å²) < 4.78 is 0. The van der Waals surface area contributed by atoms with E-state index in [9.17, 15) is 0 Å². The molecular formula is C15H19N3. The number of benzene rings is 1. The van der Waals surface area contributed by atoms with Crippen LogP contribution in [0.5, 0.6) is 0 Å². The minimum absolute atomic E-state index is 0.552. The second-order valence-electron chi connectivity index (χ2n) is 4.60. The van der Waals surface area contributed by atoms with Gasteiger partial charge in [0.1, 0.15) is 11.6 Å². The van der Waals surface area contributed by atoms with Crippen LogP contribution in [0, 0.1) is 0 Å². The summed E-state index contributed by atoms with van der Waals surface area (Å²) in [6, 6.07) is 12.3. The highest BCUT2D eigenvalue weighted by atomic mass is 14.9. The Kier molecular flexibility index (Phi) is 4.29. The fourth-order valence-electron chi connectivity index (χ4n) is 2.05. The molecule has 0 aliphatic rings. The number of rotatable bonds is 5. The summed E-state index contributed by atoms with van der Waals surface area (Å²) in [6.45, 7) is 2.26. The lowest BCUT2D eigenvalue weighted by Crippen LogP contribution is -2.00. The van der Waals surface area contributed by atoms with Gasteiger partial charge in [-0.15, -0.1) is 0 Å². The second kappa shape index (κ2) is 6.15. The zero-order valence-corrected chi connectivity index (χ0v) is 10.7. The molecule has 0 amide bonds. The van der Waals surface area contributed by atoms with Gasteiger partial charge in [-0.25, -0.2) is 9.97 Å². The van der Waals surface area contributed by atoms with Crippen LogP contribution in [0.25, 0.3) is 0 Å². The van der Waals surface area contributed by atoms with Crippen molar-refractivity contribution in [2.45, 2.75) is 32.1 Å². The molecule has 1 aromatic carbocycles. The van der Waals surface area contributed by atoms with E-state index in [1.54, 1.807) is 12.3 Å². The summed E-state index contributed by atoms with van der Waals surface area (Å²) in [4.78, 5) is 8.43. The first-order valence-electron chi connectivity index (χ1n) is 6.38. The van der Waals surface area contributed by atoms with Crippen molar-refractivity contribution in [1.82, 2.24) is 9.97 Å². The Morgan fingerprint density at radius 1 is 1.17 bits per heavy atom. The molecule has 18 heavy (non-hydrogen) atoms. The van der Waals surface area contributed by atoms with E-state index in [1.807, 2.05) is 0 Å². The van der Waals surface area contributed by atoms with Crippen molar-refractivity contribution in [2.75, 3.05) is 5.73 Å². The molecule has 1 atom stereocenters. The second-order valence-corrected chi connectivity index (χ2v) is 4.60. The molecule has 3 heteroatoms. The van der Waals surface area contributed by atoms with E-state index in [0.717, 1.165) is 25.1 Å². The molecule has 1 unspecified atom stereocenters. The lowest BCUT2D eigenvalue weighted by molar-refractivity contribution is 0.622. The van der Waals surface area contributed by atoms with Gasteiger partial charge in [-0.3, -0.25) is 0 Å². The molecule has 0 spiro atoms. The van der Waals surface area contributed by atoms with E-state index < -0.39 is 0 Å². The Hall–Kier alpha value is -1.90.